The molecule has 1 saturated heterocycles. The van der Waals surface area contributed by atoms with Crippen LogP contribution in [0.15, 0.2) is 24.3 Å². The fraction of sp³-hybridized carbons (Fsp3) is 0.500. The Morgan fingerprint density at radius 2 is 2.11 bits per heavy atom. The van der Waals surface area contributed by atoms with Crippen molar-refractivity contribution in [2.45, 2.75) is 38.8 Å². The molecule has 0 radical (unpaired) electrons. The molecule has 1 unspecified atom stereocenters. The molecule has 1 aliphatic heterocycles. The number of amides is 1. The summed E-state index contributed by atoms with van der Waals surface area (Å²) in [7, 11) is 0. The molecule has 2 heterocycles. The Labute approximate surface area is 164 Å². The number of hydrogen-bond donors (Lipinski definition) is 2. The van der Waals surface area contributed by atoms with Crippen molar-refractivity contribution in [1.82, 2.24) is 25.6 Å². The standard InChI is InChI=1S/C18H24FN5O2.ClH/c1-12(26-16-6-4-3-5-15(16)19)11-21-18(25)17-13(2)24(23-22-17)14-7-9-20-10-8-14;/h3-6,12,14,20H,7-11H2,1-2H3,(H,21,25);1H. The number of hydrogen-bond acceptors (Lipinski definition) is 5. The van der Waals surface area contributed by atoms with E-state index in [0.29, 0.717) is 5.69 Å². The molecule has 9 heteroatoms. The molecule has 0 saturated carbocycles. The normalized spacial score (nSPS) is 15.7. The summed E-state index contributed by atoms with van der Waals surface area (Å²) in [6, 6.07) is 6.47. The van der Waals surface area contributed by atoms with Crippen LogP contribution in [0.3, 0.4) is 0 Å². The van der Waals surface area contributed by atoms with E-state index in [1.807, 2.05) is 11.6 Å². The number of aromatic nitrogens is 3. The number of para-hydroxylation sites is 1. The lowest BCUT2D eigenvalue weighted by molar-refractivity contribution is 0.0925. The predicted molar refractivity (Wildman–Crippen MR) is 102 cm³/mol. The summed E-state index contributed by atoms with van der Waals surface area (Å²) in [5, 5.41) is 14.3. The molecule has 1 aromatic heterocycles. The van der Waals surface area contributed by atoms with Gasteiger partial charge >= 0.3 is 0 Å². The van der Waals surface area contributed by atoms with Crippen LogP contribution in [-0.4, -0.2) is 46.6 Å². The molecule has 1 fully saturated rings. The van der Waals surface area contributed by atoms with E-state index in [-0.39, 0.29) is 42.8 Å². The summed E-state index contributed by atoms with van der Waals surface area (Å²) in [6.45, 7) is 5.75. The molecular formula is C18H25ClFN5O2. The van der Waals surface area contributed by atoms with E-state index in [9.17, 15) is 9.18 Å². The van der Waals surface area contributed by atoms with Crippen molar-refractivity contribution in [2.75, 3.05) is 19.6 Å². The van der Waals surface area contributed by atoms with E-state index in [2.05, 4.69) is 20.9 Å². The fourth-order valence-corrected chi connectivity index (χ4v) is 3.07. The molecule has 1 amide bonds. The first-order valence-corrected chi connectivity index (χ1v) is 8.88. The number of nitrogens with one attached hydrogen (secondary N) is 2. The quantitative estimate of drug-likeness (QED) is 0.781. The maximum absolute atomic E-state index is 13.6. The Hall–Kier alpha value is -2.19. The summed E-state index contributed by atoms with van der Waals surface area (Å²) >= 11 is 0. The minimum atomic E-state index is -0.425. The van der Waals surface area contributed by atoms with Crippen LogP contribution in [-0.2, 0) is 0 Å². The van der Waals surface area contributed by atoms with Crippen molar-refractivity contribution in [3.05, 3.63) is 41.5 Å². The minimum absolute atomic E-state index is 0. The van der Waals surface area contributed by atoms with Crippen molar-refractivity contribution < 1.29 is 13.9 Å². The molecule has 1 aromatic carbocycles. The lowest BCUT2D eigenvalue weighted by Gasteiger charge is -2.23. The molecule has 1 aliphatic rings. The Balaban J connectivity index is 0.00000261. The molecule has 0 spiro atoms. The van der Waals surface area contributed by atoms with Crippen LogP contribution in [0.5, 0.6) is 5.75 Å². The van der Waals surface area contributed by atoms with Gasteiger partial charge in [-0.15, -0.1) is 17.5 Å². The zero-order valence-electron chi connectivity index (χ0n) is 15.4. The molecule has 2 N–H and O–H groups in total. The van der Waals surface area contributed by atoms with Gasteiger partial charge in [-0.1, -0.05) is 17.3 Å². The Morgan fingerprint density at radius 3 is 2.81 bits per heavy atom. The van der Waals surface area contributed by atoms with Crippen molar-refractivity contribution in [3.63, 3.8) is 0 Å². The topological polar surface area (TPSA) is 81.1 Å². The second-order valence-corrected chi connectivity index (χ2v) is 6.52. The van der Waals surface area contributed by atoms with Crippen molar-refractivity contribution in [1.29, 1.82) is 0 Å². The van der Waals surface area contributed by atoms with Gasteiger partial charge in [0.2, 0.25) is 0 Å². The summed E-state index contributed by atoms with van der Waals surface area (Å²) in [5.74, 6) is -0.555. The van der Waals surface area contributed by atoms with Gasteiger partial charge in [0.25, 0.3) is 5.91 Å². The van der Waals surface area contributed by atoms with Crippen LogP contribution in [0.25, 0.3) is 0 Å². The van der Waals surface area contributed by atoms with Crippen LogP contribution < -0.4 is 15.4 Å². The van der Waals surface area contributed by atoms with E-state index in [0.717, 1.165) is 31.6 Å². The van der Waals surface area contributed by atoms with E-state index in [1.54, 1.807) is 25.1 Å². The van der Waals surface area contributed by atoms with Crippen LogP contribution in [0.4, 0.5) is 4.39 Å². The summed E-state index contributed by atoms with van der Waals surface area (Å²) in [5.41, 5.74) is 1.08. The SMILES string of the molecule is Cc1c(C(=O)NCC(C)Oc2ccccc2F)nnn1C1CCNCC1.Cl. The van der Waals surface area contributed by atoms with Gasteiger partial charge in [0.15, 0.2) is 17.3 Å². The molecule has 3 rings (SSSR count). The minimum Gasteiger partial charge on any atom is -0.486 e. The van der Waals surface area contributed by atoms with Crippen molar-refractivity contribution >= 4 is 18.3 Å². The van der Waals surface area contributed by atoms with Gasteiger partial charge in [-0.25, -0.2) is 9.07 Å². The molecule has 2 aromatic rings. The van der Waals surface area contributed by atoms with Crippen molar-refractivity contribution in [3.8, 4) is 5.75 Å². The van der Waals surface area contributed by atoms with E-state index >= 15 is 0 Å². The number of rotatable bonds is 6. The molecule has 7 nitrogen and oxygen atoms in total. The van der Waals surface area contributed by atoms with Crippen molar-refractivity contribution in [2.24, 2.45) is 0 Å². The lowest BCUT2D eigenvalue weighted by atomic mass is 10.1. The molecule has 1 atom stereocenters. The predicted octanol–water partition coefficient (Wildman–Crippen LogP) is 2.27. The Morgan fingerprint density at radius 1 is 1.41 bits per heavy atom. The number of halogens is 2. The number of benzene rings is 1. The number of nitrogens with zero attached hydrogens (tertiary/aromatic N) is 3. The Bertz CT molecular complexity index is 764. The molecule has 27 heavy (non-hydrogen) atoms. The zero-order chi connectivity index (χ0) is 18.5. The third-order valence-corrected chi connectivity index (χ3v) is 4.51. The molecule has 0 aliphatic carbocycles. The number of carbonyl (C=O) groups excluding carboxylic acids is 1. The third-order valence-electron chi connectivity index (χ3n) is 4.51. The molecular weight excluding hydrogens is 373 g/mol. The van der Waals surface area contributed by atoms with Crippen LogP contribution in [0.1, 0.15) is 42.0 Å². The monoisotopic (exact) mass is 397 g/mol. The second kappa shape index (κ2) is 9.66. The van der Waals surface area contributed by atoms with Gasteiger partial charge < -0.3 is 15.4 Å². The van der Waals surface area contributed by atoms with E-state index in [4.69, 9.17) is 4.74 Å². The van der Waals surface area contributed by atoms with Gasteiger partial charge in [-0.3, -0.25) is 4.79 Å². The summed E-state index contributed by atoms with van der Waals surface area (Å²) < 4.78 is 21.0. The van der Waals surface area contributed by atoms with Gasteiger partial charge in [0.1, 0.15) is 6.10 Å². The van der Waals surface area contributed by atoms with E-state index in [1.165, 1.54) is 6.07 Å². The largest absolute Gasteiger partial charge is 0.486 e. The second-order valence-electron chi connectivity index (χ2n) is 6.52. The Kier molecular flexibility index (Phi) is 7.55. The van der Waals surface area contributed by atoms with Gasteiger partial charge in [0, 0.05) is 0 Å². The summed E-state index contributed by atoms with van der Waals surface area (Å²) in [4.78, 5) is 12.4. The average molecular weight is 398 g/mol. The first-order chi connectivity index (χ1) is 12.6. The first kappa shape index (κ1) is 21.1. The lowest BCUT2D eigenvalue weighted by Crippen LogP contribution is -2.34. The smallest absolute Gasteiger partial charge is 0.273 e. The maximum atomic E-state index is 13.6. The summed E-state index contributed by atoms with van der Waals surface area (Å²) in [6.07, 6.45) is 1.56. The highest BCUT2D eigenvalue weighted by Crippen LogP contribution is 2.20. The van der Waals surface area contributed by atoms with E-state index < -0.39 is 5.82 Å². The number of carbonyl (C=O) groups is 1. The number of ether oxygens (including phenoxy) is 1. The van der Waals surface area contributed by atoms with Gasteiger partial charge in [-0.05, 0) is 51.9 Å². The number of piperidine rings is 1. The first-order valence-electron chi connectivity index (χ1n) is 8.88. The molecule has 0 bridgehead atoms. The zero-order valence-corrected chi connectivity index (χ0v) is 16.3. The third kappa shape index (κ3) is 5.17. The van der Waals surface area contributed by atoms with Crippen LogP contribution >= 0.6 is 12.4 Å². The van der Waals surface area contributed by atoms with Crippen LogP contribution in [0, 0.1) is 12.7 Å². The molecule has 148 valence electrons. The van der Waals surface area contributed by atoms with Gasteiger partial charge in [-0.2, -0.15) is 0 Å². The maximum Gasteiger partial charge on any atom is 0.273 e. The average Bonchev–Trinajstić information content (AvgIpc) is 3.04. The highest BCUT2D eigenvalue weighted by atomic mass is 35.5. The van der Waals surface area contributed by atoms with Crippen LogP contribution in [0.2, 0.25) is 0 Å². The van der Waals surface area contributed by atoms with Gasteiger partial charge in [0.05, 0.1) is 18.3 Å². The fourth-order valence-electron chi connectivity index (χ4n) is 3.07. The highest BCUT2D eigenvalue weighted by Gasteiger charge is 2.23. The highest BCUT2D eigenvalue weighted by molar-refractivity contribution is 5.93.